The van der Waals surface area contributed by atoms with Gasteiger partial charge in [0.15, 0.2) is 10.9 Å². The number of aryl methyl sites for hydroxylation is 1. The minimum absolute atomic E-state index is 0.0862. The Labute approximate surface area is 152 Å². The van der Waals surface area contributed by atoms with Crippen LogP contribution < -0.4 is 10.9 Å². The van der Waals surface area contributed by atoms with E-state index in [0.717, 1.165) is 26.9 Å². The van der Waals surface area contributed by atoms with Crippen molar-refractivity contribution in [2.45, 2.75) is 13.3 Å². The van der Waals surface area contributed by atoms with Crippen LogP contribution in [0.3, 0.4) is 0 Å². The third-order valence-corrected chi connectivity index (χ3v) is 6.11. The molecule has 0 saturated heterocycles. The zero-order valence-electron chi connectivity index (χ0n) is 14.1. The molecular weight excluding hydrogens is 342 g/mol. The molecule has 0 aliphatic rings. The van der Waals surface area contributed by atoms with Gasteiger partial charge in [-0.05, 0) is 36.2 Å². The molecule has 0 unspecified atom stereocenters. The Bertz CT molecular complexity index is 1460. The van der Waals surface area contributed by atoms with E-state index in [1.54, 1.807) is 41.7 Å². The molecule has 4 heteroatoms. The van der Waals surface area contributed by atoms with Crippen LogP contribution in [0.1, 0.15) is 12.5 Å². The molecule has 5 rings (SSSR count). The average Bonchev–Trinajstić information content (AvgIpc) is 2.69. The fourth-order valence-electron chi connectivity index (χ4n) is 3.60. The molecule has 0 atom stereocenters. The number of benzene rings is 4. The van der Waals surface area contributed by atoms with Crippen molar-refractivity contribution >= 4 is 53.3 Å². The van der Waals surface area contributed by atoms with Crippen molar-refractivity contribution in [1.82, 2.24) is 4.98 Å². The summed E-state index contributed by atoms with van der Waals surface area (Å²) in [6.45, 7) is 2.13. The van der Waals surface area contributed by atoms with Gasteiger partial charge < -0.3 is 4.98 Å². The first-order valence-electron chi connectivity index (χ1n) is 8.60. The predicted molar refractivity (Wildman–Crippen MR) is 111 cm³/mol. The molecule has 126 valence electrons. The molecule has 1 N–H and O–H groups in total. The van der Waals surface area contributed by atoms with Crippen molar-refractivity contribution in [2.75, 3.05) is 0 Å². The molecule has 26 heavy (non-hydrogen) atoms. The van der Waals surface area contributed by atoms with Crippen LogP contribution in [-0.4, -0.2) is 4.98 Å². The minimum Gasteiger partial charge on any atom is -0.353 e. The van der Waals surface area contributed by atoms with Crippen LogP contribution in [0.15, 0.2) is 64.2 Å². The van der Waals surface area contributed by atoms with Gasteiger partial charge in [-0.25, -0.2) is 0 Å². The third-order valence-electron chi connectivity index (χ3n) is 4.99. The molecule has 0 amide bonds. The van der Waals surface area contributed by atoms with Crippen LogP contribution in [0, 0.1) is 0 Å². The van der Waals surface area contributed by atoms with E-state index >= 15 is 0 Å². The maximum absolute atomic E-state index is 13.1. The number of aromatic amines is 1. The molecular formula is C22H15NO2S. The SMILES string of the molecule is CCc1ccc2[nH]c3c(ccc4c(=O)c5ccccc5c(=O)c43)sc2c1. The lowest BCUT2D eigenvalue weighted by atomic mass is 10.0. The van der Waals surface area contributed by atoms with Crippen LogP contribution in [0.2, 0.25) is 0 Å². The molecule has 0 bridgehead atoms. The van der Waals surface area contributed by atoms with E-state index in [1.165, 1.54) is 5.56 Å². The summed E-state index contributed by atoms with van der Waals surface area (Å²) in [7, 11) is 0. The molecule has 5 aromatic rings. The number of hydrogen-bond acceptors (Lipinski definition) is 3. The molecule has 0 aliphatic carbocycles. The van der Waals surface area contributed by atoms with Crippen molar-refractivity contribution in [2.24, 2.45) is 0 Å². The quantitative estimate of drug-likeness (QED) is 0.340. The van der Waals surface area contributed by atoms with Crippen molar-refractivity contribution in [3.05, 3.63) is 80.6 Å². The molecule has 3 nitrogen and oxygen atoms in total. The highest BCUT2D eigenvalue weighted by molar-refractivity contribution is 7.24. The summed E-state index contributed by atoms with van der Waals surface area (Å²) in [5, 5.41) is 1.94. The van der Waals surface area contributed by atoms with E-state index in [0.29, 0.717) is 21.5 Å². The van der Waals surface area contributed by atoms with Gasteiger partial charge in [0.05, 0.1) is 25.8 Å². The van der Waals surface area contributed by atoms with Gasteiger partial charge in [0.25, 0.3) is 0 Å². The van der Waals surface area contributed by atoms with Gasteiger partial charge >= 0.3 is 0 Å². The van der Waals surface area contributed by atoms with Crippen molar-refractivity contribution < 1.29 is 0 Å². The van der Waals surface area contributed by atoms with Crippen LogP contribution in [0.25, 0.3) is 42.0 Å². The van der Waals surface area contributed by atoms with E-state index in [4.69, 9.17) is 0 Å². The molecule has 4 aromatic carbocycles. The average molecular weight is 357 g/mol. The summed E-state index contributed by atoms with van der Waals surface area (Å²) in [6.07, 6.45) is 0.981. The molecule has 0 saturated carbocycles. The van der Waals surface area contributed by atoms with Crippen LogP contribution in [-0.2, 0) is 6.42 Å². The van der Waals surface area contributed by atoms with Crippen LogP contribution in [0.5, 0.6) is 0 Å². The first-order valence-corrected chi connectivity index (χ1v) is 9.42. The second kappa shape index (κ2) is 5.51. The standard InChI is InChI=1S/C22H15NO2S/c1-2-12-7-9-16-18(11-12)26-17-10-8-15-19(20(17)23-16)22(25)14-6-4-3-5-13(14)21(15)24/h3-11,23H,2H2,1H3. The van der Waals surface area contributed by atoms with Gasteiger partial charge in [-0.2, -0.15) is 0 Å². The van der Waals surface area contributed by atoms with Gasteiger partial charge in [-0.3, -0.25) is 9.59 Å². The molecule has 0 aliphatic heterocycles. The lowest BCUT2D eigenvalue weighted by Crippen LogP contribution is -2.13. The second-order valence-corrected chi connectivity index (χ2v) is 7.56. The number of fused-ring (bicyclic) bond motifs is 5. The van der Waals surface area contributed by atoms with E-state index in [2.05, 4.69) is 24.0 Å². The molecule has 0 radical (unpaired) electrons. The van der Waals surface area contributed by atoms with E-state index in [1.807, 2.05) is 12.1 Å². The summed E-state index contributed by atoms with van der Waals surface area (Å²) in [5.41, 5.74) is 2.83. The maximum Gasteiger partial charge on any atom is 0.196 e. The van der Waals surface area contributed by atoms with Crippen LogP contribution >= 0.6 is 11.3 Å². The Kier molecular flexibility index (Phi) is 3.24. The Balaban J connectivity index is 2.03. The van der Waals surface area contributed by atoms with Gasteiger partial charge in [0.1, 0.15) is 0 Å². The number of aromatic nitrogens is 1. The molecule has 0 spiro atoms. The van der Waals surface area contributed by atoms with Crippen LogP contribution in [0.4, 0.5) is 0 Å². The first-order chi connectivity index (χ1) is 12.7. The number of rotatable bonds is 1. The van der Waals surface area contributed by atoms with Gasteiger partial charge in [-0.1, -0.05) is 37.3 Å². The second-order valence-electron chi connectivity index (χ2n) is 6.48. The molecule has 0 fully saturated rings. The first kappa shape index (κ1) is 15.3. The van der Waals surface area contributed by atoms with Gasteiger partial charge in [-0.15, -0.1) is 11.3 Å². The predicted octanol–water partition coefficient (Wildman–Crippen LogP) is 4.97. The number of nitrogens with one attached hydrogen (secondary N) is 1. The summed E-state index contributed by atoms with van der Waals surface area (Å²) in [5.74, 6) is 0. The van der Waals surface area contributed by atoms with E-state index in [9.17, 15) is 9.59 Å². The Morgan fingerprint density at radius 1 is 0.846 bits per heavy atom. The molecule has 1 aromatic heterocycles. The third kappa shape index (κ3) is 2.06. The topological polar surface area (TPSA) is 49.9 Å². The highest BCUT2D eigenvalue weighted by Crippen LogP contribution is 2.30. The van der Waals surface area contributed by atoms with E-state index in [-0.39, 0.29) is 10.9 Å². The zero-order chi connectivity index (χ0) is 17.8. The molecule has 1 heterocycles. The Morgan fingerprint density at radius 2 is 1.62 bits per heavy atom. The largest absolute Gasteiger partial charge is 0.353 e. The fraction of sp³-hybridized carbons (Fsp3) is 0.0909. The van der Waals surface area contributed by atoms with Crippen molar-refractivity contribution in [3.8, 4) is 0 Å². The highest BCUT2D eigenvalue weighted by Gasteiger charge is 2.14. The van der Waals surface area contributed by atoms with Crippen molar-refractivity contribution in [1.29, 1.82) is 0 Å². The van der Waals surface area contributed by atoms with E-state index < -0.39 is 0 Å². The Morgan fingerprint density at radius 3 is 2.38 bits per heavy atom. The lowest BCUT2D eigenvalue weighted by molar-refractivity contribution is 1.15. The van der Waals surface area contributed by atoms with Gasteiger partial charge in [0, 0.05) is 16.2 Å². The van der Waals surface area contributed by atoms with Crippen molar-refractivity contribution in [3.63, 3.8) is 0 Å². The fourth-order valence-corrected chi connectivity index (χ4v) is 4.67. The highest BCUT2D eigenvalue weighted by atomic mass is 32.1. The minimum atomic E-state index is -0.0891. The normalized spacial score (nSPS) is 11.7. The monoisotopic (exact) mass is 357 g/mol. The number of H-pyrrole nitrogens is 1. The zero-order valence-corrected chi connectivity index (χ0v) is 14.9. The summed E-state index contributed by atoms with van der Waals surface area (Å²) in [4.78, 5) is 29.4. The summed E-state index contributed by atoms with van der Waals surface area (Å²) < 4.78 is 2.12. The summed E-state index contributed by atoms with van der Waals surface area (Å²) in [6, 6.07) is 17.1. The smallest absolute Gasteiger partial charge is 0.196 e. The lowest BCUT2D eigenvalue weighted by Gasteiger charge is -2.08. The maximum atomic E-state index is 13.1. The summed E-state index contributed by atoms with van der Waals surface area (Å²) >= 11 is 1.64. The van der Waals surface area contributed by atoms with Gasteiger partial charge in [0.2, 0.25) is 0 Å². The number of hydrogen-bond donors (Lipinski definition) is 1. The Hall–Kier alpha value is -2.98.